The Morgan fingerprint density at radius 2 is 1.62 bits per heavy atom. The molecule has 138 valence electrons. The van der Waals surface area contributed by atoms with Gasteiger partial charge in [0.15, 0.2) is 0 Å². The number of benzene rings is 2. The Labute approximate surface area is 152 Å². The number of methoxy groups -OCH3 is 1. The van der Waals surface area contributed by atoms with Crippen LogP contribution in [0, 0.1) is 6.92 Å². The summed E-state index contributed by atoms with van der Waals surface area (Å²) in [6.07, 6.45) is 1.12. The van der Waals surface area contributed by atoms with Crippen LogP contribution in [0.2, 0.25) is 0 Å². The molecule has 0 saturated heterocycles. The average Bonchev–Trinajstić information content (AvgIpc) is 2.60. The van der Waals surface area contributed by atoms with Crippen molar-refractivity contribution in [1.82, 2.24) is 0 Å². The number of aryl methyl sites for hydroxylation is 1. The van der Waals surface area contributed by atoms with Gasteiger partial charge in [-0.3, -0.25) is 9.10 Å². The zero-order valence-electron chi connectivity index (χ0n) is 14.9. The molecule has 2 aromatic rings. The van der Waals surface area contributed by atoms with Gasteiger partial charge in [-0.1, -0.05) is 0 Å². The van der Waals surface area contributed by atoms with Crippen molar-refractivity contribution in [3.05, 3.63) is 59.2 Å². The Morgan fingerprint density at radius 3 is 2.12 bits per heavy atom. The van der Waals surface area contributed by atoms with Crippen LogP contribution in [-0.4, -0.2) is 40.7 Å². The summed E-state index contributed by atoms with van der Waals surface area (Å²) < 4.78 is 29.1. The largest absolute Gasteiger partial charge is 0.465 e. The van der Waals surface area contributed by atoms with E-state index < -0.39 is 16.0 Å². The van der Waals surface area contributed by atoms with E-state index in [1.165, 1.54) is 14.2 Å². The van der Waals surface area contributed by atoms with Gasteiger partial charge in [-0.25, -0.2) is 13.2 Å². The molecule has 0 heterocycles. The highest BCUT2D eigenvalue weighted by Crippen LogP contribution is 2.23. The van der Waals surface area contributed by atoms with Crippen molar-refractivity contribution in [2.75, 3.05) is 30.0 Å². The summed E-state index contributed by atoms with van der Waals surface area (Å²) in [6.45, 7) is 1.74. The molecule has 0 spiro atoms. The molecule has 8 heteroatoms. The zero-order valence-corrected chi connectivity index (χ0v) is 15.8. The van der Waals surface area contributed by atoms with E-state index >= 15 is 0 Å². The SMILES string of the molecule is COC(=O)c1ccc(NC(=O)c2ccc(N(C)S(C)(=O)=O)c(C)c2)cc1. The van der Waals surface area contributed by atoms with Crippen LogP contribution >= 0.6 is 0 Å². The third kappa shape index (κ3) is 4.40. The average molecular weight is 376 g/mol. The fraction of sp³-hybridized carbons (Fsp3) is 0.222. The van der Waals surface area contributed by atoms with Crippen molar-refractivity contribution in [2.45, 2.75) is 6.92 Å². The number of ether oxygens (including phenoxy) is 1. The maximum Gasteiger partial charge on any atom is 0.337 e. The normalized spacial score (nSPS) is 10.9. The summed E-state index contributed by atoms with van der Waals surface area (Å²) in [5.74, 6) is -0.795. The zero-order chi connectivity index (χ0) is 19.5. The lowest BCUT2D eigenvalue weighted by Gasteiger charge is -2.19. The molecule has 0 unspecified atom stereocenters. The van der Waals surface area contributed by atoms with Crippen molar-refractivity contribution in [2.24, 2.45) is 0 Å². The van der Waals surface area contributed by atoms with Crippen LogP contribution in [-0.2, 0) is 14.8 Å². The van der Waals surface area contributed by atoms with Gasteiger partial charge in [0, 0.05) is 18.3 Å². The van der Waals surface area contributed by atoms with Crippen molar-refractivity contribution >= 4 is 33.3 Å². The van der Waals surface area contributed by atoms with Crippen LogP contribution in [0.25, 0.3) is 0 Å². The van der Waals surface area contributed by atoms with Crippen LogP contribution in [0.15, 0.2) is 42.5 Å². The second kappa shape index (κ2) is 7.57. The van der Waals surface area contributed by atoms with Crippen LogP contribution < -0.4 is 9.62 Å². The van der Waals surface area contributed by atoms with Gasteiger partial charge < -0.3 is 10.1 Å². The van der Waals surface area contributed by atoms with Gasteiger partial charge in [-0.15, -0.1) is 0 Å². The molecule has 0 aliphatic carbocycles. The molecule has 0 fully saturated rings. The van der Waals surface area contributed by atoms with Gasteiger partial charge >= 0.3 is 5.97 Å². The van der Waals surface area contributed by atoms with E-state index in [-0.39, 0.29) is 5.91 Å². The minimum absolute atomic E-state index is 0.340. The summed E-state index contributed by atoms with van der Waals surface area (Å²) in [5, 5.41) is 2.73. The van der Waals surface area contributed by atoms with Gasteiger partial charge in [0.05, 0.1) is 24.6 Å². The molecule has 2 rings (SSSR count). The van der Waals surface area contributed by atoms with Crippen molar-refractivity contribution in [3.63, 3.8) is 0 Å². The Hall–Kier alpha value is -2.87. The number of carbonyl (C=O) groups is 2. The minimum Gasteiger partial charge on any atom is -0.465 e. The summed E-state index contributed by atoms with van der Waals surface area (Å²) in [7, 11) is -0.623. The number of nitrogens with one attached hydrogen (secondary N) is 1. The fourth-order valence-electron chi connectivity index (χ4n) is 2.34. The lowest BCUT2D eigenvalue weighted by Crippen LogP contribution is -2.25. The molecule has 1 N–H and O–H groups in total. The van der Waals surface area contributed by atoms with E-state index in [4.69, 9.17) is 0 Å². The third-order valence-electron chi connectivity index (χ3n) is 3.86. The van der Waals surface area contributed by atoms with Gasteiger partial charge in [-0.05, 0) is 55.0 Å². The molecule has 0 aliphatic heterocycles. The Bertz CT molecular complexity index is 937. The first kappa shape index (κ1) is 19.5. The second-order valence-electron chi connectivity index (χ2n) is 5.75. The molecule has 0 aromatic heterocycles. The molecule has 7 nitrogen and oxygen atoms in total. The predicted octanol–water partition coefficient (Wildman–Crippen LogP) is 2.43. The molecule has 0 atom stereocenters. The van der Waals surface area contributed by atoms with E-state index in [0.29, 0.717) is 28.1 Å². The monoisotopic (exact) mass is 376 g/mol. The van der Waals surface area contributed by atoms with Crippen LogP contribution in [0.3, 0.4) is 0 Å². The highest BCUT2D eigenvalue weighted by molar-refractivity contribution is 7.92. The van der Waals surface area contributed by atoms with E-state index in [9.17, 15) is 18.0 Å². The van der Waals surface area contributed by atoms with Crippen molar-refractivity contribution in [3.8, 4) is 0 Å². The number of sulfonamides is 1. The quantitative estimate of drug-likeness (QED) is 0.809. The third-order valence-corrected chi connectivity index (χ3v) is 5.05. The number of rotatable bonds is 5. The minimum atomic E-state index is -3.38. The van der Waals surface area contributed by atoms with Crippen molar-refractivity contribution in [1.29, 1.82) is 0 Å². The van der Waals surface area contributed by atoms with Crippen LogP contribution in [0.1, 0.15) is 26.3 Å². The second-order valence-corrected chi connectivity index (χ2v) is 7.77. The first-order valence-corrected chi connectivity index (χ1v) is 9.52. The number of nitrogens with zero attached hydrogens (tertiary/aromatic N) is 1. The van der Waals surface area contributed by atoms with Crippen LogP contribution in [0.5, 0.6) is 0 Å². The number of anilines is 2. The topological polar surface area (TPSA) is 92.8 Å². The molecule has 2 aromatic carbocycles. The maximum absolute atomic E-state index is 12.4. The standard InChI is InChI=1S/C18H20N2O5S/c1-12-11-14(7-10-16(12)20(2)26(4,23)24)17(21)19-15-8-5-13(6-9-15)18(22)25-3/h5-11H,1-4H3,(H,19,21). The van der Waals surface area contributed by atoms with Gasteiger partial charge in [0.1, 0.15) is 0 Å². The van der Waals surface area contributed by atoms with E-state index in [1.807, 2.05) is 0 Å². The molecule has 1 amide bonds. The highest BCUT2D eigenvalue weighted by Gasteiger charge is 2.16. The highest BCUT2D eigenvalue weighted by atomic mass is 32.2. The number of carbonyl (C=O) groups excluding carboxylic acids is 2. The summed E-state index contributed by atoms with van der Waals surface area (Å²) >= 11 is 0. The van der Waals surface area contributed by atoms with Gasteiger partial charge in [0.25, 0.3) is 5.91 Å². The summed E-state index contributed by atoms with van der Waals surface area (Å²) in [4.78, 5) is 23.8. The van der Waals surface area contributed by atoms with E-state index in [1.54, 1.807) is 49.4 Å². The Balaban J connectivity index is 2.17. The molecular formula is C18H20N2O5S. The van der Waals surface area contributed by atoms with Crippen molar-refractivity contribution < 1.29 is 22.7 Å². The maximum atomic E-state index is 12.4. The smallest absolute Gasteiger partial charge is 0.337 e. The number of esters is 1. The number of hydrogen-bond acceptors (Lipinski definition) is 5. The van der Waals surface area contributed by atoms with Crippen LogP contribution in [0.4, 0.5) is 11.4 Å². The molecule has 0 aliphatic rings. The molecule has 26 heavy (non-hydrogen) atoms. The molecule has 0 bridgehead atoms. The lowest BCUT2D eigenvalue weighted by atomic mass is 10.1. The van der Waals surface area contributed by atoms with Gasteiger partial charge in [-0.2, -0.15) is 0 Å². The van der Waals surface area contributed by atoms with E-state index in [2.05, 4.69) is 10.1 Å². The fourth-order valence-corrected chi connectivity index (χ4v) is 2.90. The van der Waals surface area contributed by atoms with Gasteiger partial charge in [0.2, 0.25) is 10.0 Å². The lowest BCUT2D eigenvalue weighted by molar-refractivity contribution is 0.0600. The summed E-state index contributed by atoms with van der Waals surface area (Å²) in [5.41, 5.74) is 2.47. The Kier molecular flexibility index (Phi) is 5.66. The first-order chi connectivity index (χ1) is 12.1. The summed E-state index contributed by atoms with van der Waals surface area (Å²) in [6, 6.07) is 11.1. The van der Waals surface area contributed by atoms with E-state index in [0.717, 1.165) is 10.6 Å². The number of amides is 1. The number of hydrogen-bond donors (Lipinski definition) is 1. The molecule has 0 saturated carbocycles. The predicted molar refractivity (Wildman–Crippen MR) is 100 cm³/mol. The first-order valence-electron chi connectivity index (χ1n) is 7.67. The Morgan fingerprint density at radius 1 is 1.04 bits per heavy atom. The molecular weight excluding hydrogens is 356 g/mol. The molecule has 0 radical (unpaired) electrons.